The third kappa shape index (κ3) is 4.54. The van der Waals surface area contributed by atoms with E-state index in [2.05, 4.69) is 20.4 Å². The summed E-state index contributed by atoms with van der Waals surface area (Å²) in [6, 6.07) is 17.2. The van der Waals surface area contributed by atoms with Crippen LogP contribution in [-0.2, 0) is 16.3 Å². The average molecular weight is 464 g/mol. The molecule has 1 saturated heterocycles. The Kier molecular flexibility index (Phi) is 5.49. The summed E-state index contributed by atoms with van der Waals surface area (Å²) in [5, 5.41) is 7.44. The number of fused-ring (bicyclic) bond motifs is 1. The van der Waals surface area contributed by atoms with Crippen LogP contribution in [0.15, 0.2) is 54.6 Å². The summed E-state index contributed by atoms with van der Waals surface area (Å²) >= 11 is 0. The highest BCUT2D eigenvalue weighted by atomic mass is 32.2. The van der Waals surface area contributed by atoms with Gasteiger partial charge in [0.1, 0.15) is 5.82 Å². The first-order valence-corrected chi connectivity index (χ1v) is 12.8. The van der Waals surface area contributed by atoms with Gasteiger partial charge in [-0.25, -0.2) is 13.4 Å². The Labute approximate surface area is 192 Å². The van der Waals surface area contributed by atoms with Crippen molar-refractivity contribution in [1.29, 1.82) is 0 Å². The van der Waals surface area contributed by atoms with Crippen molar-refractivity contribution in [1.82, 2.24) is 25.1 Å². The number of benzene rings is 2. The highest BCUT2D eigenvalue weighted by Crippen LogP contribution is 2.30. The fourth-order valence-electron chi connectivity index (χ4n) is 4.20. The van der Waals surface area contributed by atoms with E-state index >= 15 is 0 Å². The molecule has 1 aliphatic rings. The van der Waals surface area contributed by atoms with Crippen LogP contribution in [0, 0.1) is 6.92 Å². The fraction of sp³-hybridized carbons (Fsp3) is 0.292. The van der Waals surface area contributed by atoms with Crippen LogP contribution < -0.4 is 5.32 Å². The summed E-state index contributed by atoms with van der Waals surface area (Å²) in [6.45, 7) is 2.41. The molecule has 2 aromatic carbocycles. The normalized spacial score (nSPS) is 17.4. The molecular weight excluding hydrogens is 438 g/mol. The minimum atomic E-state index is -3.09. The largest absolute Gasteiger partial charge is 0.350 e. The minimum Gasteiger partial charge on any atom is -0.350 e. The molecule has 9 heteroatoms. The van der Waals surface area contributed by atoms with Crippen molar-refractivity contribution in [3.63, 3.8) is 0 Å². The fourth-order valence-corrected chi connectivity index (χ4v) is 5.89. The highest BCUT2D eigenvalue weighted by molar-refractivity contribution is 7.91. The summed E-state index contributed by atoms with van der Waals surface area (Å²) in [4.78, 5) is 20.6. The van der Waals surface area contributed by atoms with E-state index in [1.807, 2.05) is 55.5 Å². The molecule has 170 valence electrons. The van der Waals surface area contributed by atoms with Gasteiger partial charge in [-0.15, -0.1) is 0 Å². The molecule has 3 heterocycles. The number of para-hydroxylation sites is 2. The van der Waals surface area contributed by atoms with Crippen molar-refractivity contribution < 1.29 is 13.2 Å². The Morgan fingerprint density at radius 3 is 2.70 bits per heavy atom. The Balaban J connectivity index is 1.35. The SMILES string of the molecule is Cc1ccc(-c2cc(C(=O)NCCc3nc4ccccc4[nH]3)nn2C2CCS(=O)(=O)C2)cc1. The van der Waals surface area contributed by atoms with E-state index in [-0.39, 0.29) is 29.1 Å². The number of nitrogens with one attached hydrogen (secondary N) is 2. The standard InChI is InChI=1S/C24H25N5O3S/c1-16-6-8-17(9-7-16)22-14-21(28-29(22)18-11-13-33(31,32)15-18)24(30)25-12-10-23-26-19-4-2-3-5-20(19)27-23/h2-9,14,18H,10-13,15H2,1H3,(H,25,30)(H,26,27). The average Bonchev–Trinajstić information content (AvgIpc) is 3.50. The van der Waals surface area contributed by atoms with Gasteiger partial charge in [-0.05, 0) is 37.1 Å². The lowest BCUT2D eigenvalue weighted by atomic mass is 10.1. The molecule has 0 aliphatic carbocycles. The van der Waals surface area contributed by atoms with Gasteiger partial charge in [0, 0.05) is 13.0 Å². The number of carbonyl (C=O) groups excluding carboxylic acids is 1. The topological polar surface area (TPSA) is 110 Å². The molecule has 0 bridgehead atoms. The molecule has 0 spiro atoms. The van der Waals surface area contributed by atoms with Crippen LogP contribution in [0.3, 0.4) is 0 Å². The van der Waals surface area contributed by atoms with Gasteiger partial charge in [-0.1, -0.05) is 42.0 Å². The van der Waals surface area contributed by atoms with Gasteiger partial charge in [-0.3, -0.25) is 9.48 Å². The molecule has 4 aromatic rings. The van der Waals surface area contributed by atoms with Crippen molar-refractivity contribution in [2.45, 2.75) is 25.8 Å². The molecule has 1 amide bonds. The number of hydrogen-bond donors (Lipinski definition) is 2. The lowest BCUT2D eigenvalue weighted by Gasteiger charge is -2.13. The molecule has 0 radical (unpaired) electrons. The Morgan fingerprint density at radius 1 is 1.18 bits per heavy atom. The van der Waals surface area contributed by atoms with E-state index < -0.39 is 9.84 Å². The maximum atomic E-state index is 12.9. The third-order valence-corrected chi connectivity index (χ3v) is 7.71. The van der Waals surface area contributed by atoms with E-state index in [1.165, 1.54) is 0 Å². The van der Waals surface area contributed by atoms with Gasteiger partial charge in [0.05, 0.1) is 34.3 Å². The lowest BCUT2D eigenvalue weighted by molar-refractivity contribution is 0.0948. The summed E-state index contributed by atoms with van der Waals surface area (Å²) < 4.78 is 25.8. The molecule has 33 heavy (non-hydrogen) atoms. The second kappa shape index (κ2) is 8.47. The number of aryl methyl sites for hydroxylation is 1. The number of imidazole rings is 1. The number of H-pyrrole nitrogens is 1. The molecule has 1 fully saturated rings. The van der Waals surface area contributed by atoms with Gasteiger partial charge >= 0.3 is 0 Å². The summed E-state index contributed by atoms with van der Waals surface area (Å²) in [6.07, 6.45) is 1.06. The predicted molar refractivity (Wildman–Crippen MR) is 127 cm³/mol. The van der Waals surface area contributed by atoms with E-state index in [1.54, 1.807) is 10.7 Å². The maximum absolute atomic E-state index is 12.9. The van der Waals surface area contributed by atoms with Gasteiger partial charge in [0.15, 0.2) is 15.5 Å². The summed E-state index contributed by atoms with van der Waals surface area (Å²) in [7, 11) is -3.09. The van der Waals surface area contributed by atoms with Gasteiger partial charge in [0.2, 0.25) is 0 Å². The number of sulfone groups is 1. The van der Waals surface area contributed by atoms with Crippen molar-refractivity contribution in [2.75, 3.05) is 18.1 Å². The number of hydrogen-bond acceptors (Lipinski definition) is 5. The van der Waals surface area contributed by atoms with Crippen LogP contribution in [0.2, 0.25) is 0 Å². The molecule has 2 aromatic heterocycles. The van der Waals surface area contributed by atoms with Crippen LogP contribution in [0.5, 0.6) is 0 Å². The van der Waals surface area contributed by atoms with E-state index in [0.29, 0.717) is 19.4 Å². The van der Waals surface area contributed by atoms with E-state index in [9.17, 15) is 13.2 Å². The monoisotopic (exact) mass is 463 g/mol. The van der Waals surface area contributed by atoms with E-state index in [0.717, 1.165) is 33.7 Å². The molecule has 1 aliphatic heterocycles. The van der Waals surface area contributed by atoms with Crippen molar-refractivity contribution >= 4 is 26.8 Å². The Bertz CT molecular complexity index is 1390. The van der Waals surface area contributed by atoms with Crippen molar-refractivity contribution in [3.05, 3.63) is 71.7 Å². The van der Waals surface area contributed by atoms with Crippen LogP contribution >= 0.6 is 0 Å². The first-order valence-electron chi connectivity index (χ1n) is 11.0. The maximum Gasteiger partial charge on any atom is 0.271 e. The zero-order chi connectivity index (χ0) is 23.0. The second-order valence-electron chi connectivity index (χ2n) is 8.49. The van der Waals surface area contributed by atoms with Crippen LogP contribution in [-0.4, -0.2) is 52.1 Å². The Hall–Kier alpha value is -3.46. The number of aromatic amines is 1. The van der Waals surface area contributed by atoms with E-state index in [4.69, 9.17) is 0 Å². The Morgan fingerprint density at radius 2 is 1.97 bits per heavy atom. The minimum absolute atomic E-state index is 0.0423. The lowest BCUT2D eigenvalue weighted by Crippen LogP contribution is -2.26. The first kappa shape index (κ1) is 21.4. The quantitative estimate of drug-likeness (QED) is 0.457. The number of rotatable bonds is 6. The van der Waals surface area contributed by atoms with Gasteiger partial charge in [-0.2, -0.15) is 5.10 Å². The smallest absolute Gasteiger partial charge is 0.271 e. The zero-order valence-electron chi connectivity index (χ0n) is 18.3. The van der Waals surface area contributed by atoms with Crippen LogP contribution in [0.4, 0.5) is 0 Å². The summed E-state index contributed by atoms with van der Waals surface area (Å²) in [5.74, 6) is 0.697. The molecule has 0 saturated carbocycles. The molecule has 8 nitrogen and oxygen atoms in total. The molecule has 5 rings (SSSR count). The molecular formula is C24H25N5O3S. The van der Waals surface area contributed by atoms with Gasteiger partial charge < -0.3 is 10.3 Å². The third-order valence-electron chi connectivity index (χ3n) is 5.96. The van der Waals surface area contributed by atoms with Crippen molar-refractivity contribution in [2.24, 2.45) is 0 Å². The highest BCUT2D eigenvalue weighted by Gasteiger charge is 2.32. The first-order chi connectivity index (χ1) is 15.9. The molecule has 2 N–H and O–H groups in total. The zero-order valence-corrected chi connectivity index (χ0v) is 19.1. The number of nitrogens with zero attached hydrogens (tertiary/aromatic N) is 3. The van der Waals surface area contributed by atoms with Crippen LogP contribution in [0.1, 0.15) is 34.3 Å². The number of aromatic nitrogens is 4. The van der Waals surface area contributed by atoms with Crippen LogP contribution in [0.25, 0.3) is 22.3 Å². The number of carbonyl (C=O) groups is 1. The van der Waals surface area contributed by atoms with Gasteiger partial charge in [0.25, 0.3) is 5.91 Å². The predicted octanol–water partition coefficient (Wildman–Crippen LogP) is 3.07. The summed E-state index contributed by atoms with van der Waals surface area (Å²) in [5.41, 5.74) is 4.91. The number of amides is 1. The molecule has 1 atom stereocenters. The van der Waals surface area contributed by atoms with Crippen molar-refractivity contribution in [3.8, 4) is 11.3 Å². The second-order valence-corrected chi connectivity index (χ2v) is 10.7. The molecule has 1 unspecified atom stereocenters.